The van der Waals surface area contributed by atoms with Gasteiger partial charge in [0.1, 0.15) is 29.5 Å². The number of benzene rings is 1. The van der Waals surface area contributed by atoms with Crippen LogP contribution in [0.2, 0.25) is 10.0 Å². The van der Waals surface area contributed by atoms with Gasteiger partial charge in [0, 0.05) is 67.0 Å². The molecule has 0 radical (unpaired) electrons. The van der Waals surface area contributed by atoms with E-state index in [-0.39, 0.29) is 0 Å². The fourth-order valence-electron chi connectivity index (χ4n) is 4.58. The first kappa shape index (κ1) is 34.8. The molecule has 2 atom stereocenters. The summed E-state index contributed by atoms with van der Waals surface area (Å²) in [5.74, 6) is -1.53. The molecule has 1 saturated heterocycles. The van der Waals surface area contributed by atoms with Crippen molar-refractivity contribution in [1.82, 2.24) is 25.5 Å². The number of nitrogens with one attached hydrogen (secondary N) is 2. The number of aliphatic hydroxyl groups excluding tert-OH is 2. The van der Waals surface area contributed by atoms with Crippen molar-refractivity contribution in [2.45, 2.75) is 51.0 Å². The van der Waals surface area contributed by atoms with Crippen LogP contribution in [0.5, 0.6) is 5.75 Å². The van der Waals surface area contributed by atoms with E-state index in [1.807, 2.05) is 13.0 Å². The van der Waals surface area contributed by atoms with Crippen LogP contribution >= 0.6 is 23.2 Å². The molecule has 0 saturated carbocycles. The minimum atomic E-state index is -1.34. The standard InChI is InChI=1S/C27H26Cl2FN5O2.C5H8O4/c1-16(27-22(28)14-31-15-23(27)29)37-20-4-5-25-21(10-20)26(35-34-25)11-24(30)17-2-3-19(32-12-17)13-33-18-6-8-36-9-7-18;1-3(6)4(7)2-5(8)9/h2-5,10-12,14-16,18,33H,6-9,13H2,1H3,(H,34,35);4,6-7H,1-2H2,(H,8,9)/b24-11-;/t16-;4-/m10/s1. The van der Waals surface area contributed by atoms with E-state index in [1.165, 1.54) is 18.5 Å². The van der Waals surface area contributed by atoms with Gasteiger partial charge in [0.25, 0.3) is 0 Å². The normalized spacial score (nSPS) is 15.1. The molecule has 5 N–H and O–H groups in total. The first-order valence-electron chi connectivity index (χ1n) is 14.4. The number of carbonyl (C=O) groups is 1. The van der Waals surface area contributed by atoms with Gasteiger partial charge in [-0.05, 0) is 50.1 Å². The Morgan fingerprint density at radius 1 is 1.20 bits per heavy atom. The van der Waals surface area contributed by atoms with Gasteiger partial charge in [-0.2, -0.15) is 5.10 Å². The van der Waals surface area contributed by atoms with Crippen LogP contribution in [0.15, 0.2) is 61.3 Å². The van der Waals surface area contributed by atoms with Gasteiger partial charge in [0.15, 0.2) is 0 Å². The van der Waals surface area contributed by atoms with Crippen molar-refractivity contribution in [3.63, 3.8) is 0 Å². The number of aromatic amines is 1. The summed E-state index contributed by atoms with van der Waals surface area (Å²) in [5, 5.41) is 37.2. The number of nitrogens with zero attached hydrogens (tertiary/aromatic N) is 3. The Bertz CT molecular complexity index is 1660. The Morgan fingerprint density at radius 2 is 1.91 bits per heavy atom. The highest BCUT2D eigenvalue weighted by atomic mass is 35.5. The summed E-state index contributed by atoms with van der Waals surface area (Å²) < 4.78 is 26.6. The molecule has 1 aliphatic heterocycles. The molecule has 244 valence electrons. The van der Waals surface area contributed by atoms with Crippen LogP contribution in [0.25, 0.3) is 22.8 Å². The zero-order valence-electron chi connectivity index (χ0n) is 24.9. The van der Waals surface area contributed by atoms with Crippen LogP contribution in [0.3, 0.4) is 0 Å². The van der Waals surface area contributed by atoms with E-state index in [4.69, 9.17) is 48.0 Å². The number of aromatic nitrogens is 4. The number of carboxylic acids is 1. The fourth-order valence-corrected chi connectivity index (χ4v) is 5.25. The molecule has 46 heavy (non-hydrogen) atoms. The lowest BCUT2D eigenvalue weighted by Crippen LogP contribution is -2.34. The van der Waals surface area contributed by atoms with E-state index in [0.29, 0.717) is 50.7 Å². The molecule has 0 unspecified atom stereocenters. The summed E-state index contributed by atoms with van der Waals surface area (Å²) in [4.78, 5) is 18.2. The lowest BCUT2D eigenvalue weighted by atomic mass is 10.1. The highest BCUT2D eigenvalue weighted by Gasteiger charge is 2.17. The number of hydrogen-bond acceptors (Lipinski definition) is 9. The molecule has 1 aromatic carbocycles. The number of fused-ring (bicyclic) bond motifs is 1. The van der Waals surface area contributed by atoms with E-state index < -0.39 is 36.2 Å². The molecule has 11 nitrogen and oxygen atoms in total. The Balaban J connectivity index is 0.000000468. The lowest BCUT2D eigenvalue weighted by molar-refractivity contribution is -0.139. The molecule has 14 heteroatoms. The summed E-state index contributed by atoms with van der Waals surface area (Å²) in [6.45, 7) is 7.00. The van der Waals surface area contributed by atoms with Gasteiger partial charge in [-0.3, -0.25) is 19.9 Å². The van der Waals surface area contributed by atoms with Crippen LogP contribution in [-0.2, 0) is 16.1 Å². The maximum Gasteiger partial charge on any atom is 0.306 e. The van der Waals surface area contributed by atoms with Gasteiger partial charge in [0.2, 0.25) is 0 Å². The molecule has 4 heterocycles. The Kier molecular flexibility index (Phi) is 12.5. The van der Waals surface area contributed by atoms with Crippen LogP contribution in [0.1, 0.15) is 54.8 Å². The van der Waals surface area contributed by atoms with Crippen molar-refractivity contribution < 1.29 is 34.0 Å². The van der Waals surface area contributed by atoms with Crippen molar-refractivity contribution >= 4 is 52.0 Å². The molecule has 5 rings (SSSR count). The van der Waals surface area contributed by atoms with Crippen molar-refractivity contribution in [1.29, 1.82) is 0 Å². The lowest BCUT2D eigenvalue weighted by Gasteiger charge is -2.23. The van der Waals surface area contributed by atoms with Crippen LogP contribution in [-0.4, -0.2) is 66.8 Å². The second-order valence-corrected chi connectivity index (χ2v) is 11.3. The van der Waals surface area contributed by atoms with Crippen molar-refractivity contribution in [2.75, 3.05) is 13.2 Å². The van der Waals surface area contributed by atoms with Gasteiger partial charge in [-0.1, -0.05) is 29.8 Å². The van der Waals surface area contributed by atoms with E-state index in [9.17, 15) is 4.79 Å². The van der Waals surface area contributed by atoms with Crippen molar-refractivity contribution in [2.24, 2.45) is 0 Å². The number of pyridine rings is 2. The number of halogens is 3. The number of carboxylic acid groups (broad SMARTS) is 1. The molecule has 4 aromatic rings. The molecule has 0 amide bonds. The Morgan fingerprint density at radius 3 is 2.52 bits per heavy atom. The number of aliphatic hydroxyl groups is 2. The van der Waals surface area contributed by atoms with Gasteiger partial charge in [-0.15, -0.1) is 0 Å². The van der Waals surface area contributed by atoms with E-state index in [0.717, 1.165) is 37.1 Å². The van der Waals surface area contributed by atoms with Crippen molar-refractivity contribution in [3.05, 3.63) is 93.8 Å². The quantitative estimate of drug-likeness (QED) is 0.112. The smallest absolute Gasteiger partial charge is 0.306 e. The number of rotatable bonds is 11. The predicted octanol–water partition coefficient (Wildman–Crippen LogP) is 6.43. The summed E-state index contributed by atoms with van der Waals surface area (Å²) in [6.07, 6.45) is 5.72. The zero-order chi connectivity index (χ0) is 33.2. The van der Waals surface area contributed by atoms with Crippen LogP contribution in [0, 0.1) is 0 Å². The van der Waals surface area contributed by atoms with E-state index in [2.05, 4.69) is 32.1 Å². The molecule has 1 fully saturated rings. The second-order valence-electron chi connectivity index (χ2n) is 10.5. The third kappa shape index (κ3) is 9.71. The second kappa shape index (κ2) is 16.5. The third-order valence-electron chi connectivity index (χ3n) is 7.08. The third-order valence-corrected chi connectivity index (χ3v) is 7.68. The molecular weight excluding hydrogens is 640 g/mol. The molecule has 1 aliphatic rings. The number of hydrogen-bond donors (Lipinski definition) is 5. The highest BCUT2D eigenvalue weighted by Crippen LogP contribution is 2.34. The number of ether oxygens (including phenoxy) is 2. The minimum absolute atomic E-state index is 0.389. The zero-order valence-corrected chi connectivity index (χ0v) is 26.4. The number of aliphatic carboxylic acids is 1. The summed E-state index contributed by atoms with van der Waals surface area (Å²) in [5.41, 5.74) is 3.11. The average molecular weight is 675 g/mol. The SMILES string of the molecule is C=C(O)[C@@H](O)CC(=O)O.C[C@@H](Oc1ccc2n[nH]c(/C=C(\F)c3ccc(CNC4CCOCC4)nc3)c2c1)c1c(Cl)cncc1Cl. The fraction of sp³-hybridized carbons (Fsp3) is 0.312. The molecule has 0 aliphatic carbocycles. The average Bonchev–Trinajstić information content (AvgIpc) is 3.42. The maximum absolute atomic E-state index is 15.1. The van der Waals surface area contributed by atoms with Gasteiger partial charge in [0.05, 0.1) is 33.4 Å². The predicted molar refractivity (Wildman–Crippen MR) is 173 cm³/mol. The molecule has 0 spiro atoms. The Labute approximate surface area is 274 Å². The van der Waals surface area contributed by atoms with E-state index >= 15 is 4.39 Å². The maximum atomic E-state index is 15.1. The number of H-pyrrole nitrogens is 1. The molecule has 3 aromatic heterocycles. The van der Waals surface area contributed by atoms with Gasteiger partial charge in [-0.25, -0.2) is 4.39 Å². The van der Waals surface area contributed by atoms with Crippen LogP contribution < -0.4 is 10.1 Å². The Hall–Kier alpha value is -4.07. The minimum Gasteiger partial charge on any atom is -0.510 e. The van der Waals surface area contributed by atoms with Crippen molar-refractivity contribution in [3.8, 4) is 5.75 Å². The first-order valence-corrected chi connectivity index (χ1v) is 15.1. The van der Waals surface area contributed by atoms with Crippen LogP contribution in [0.4, 0.5) is 4.39 Å². The first-order chi connectivity index (χ1) is 22.0. The molecule has 0 bridgehead atoms. The van der Waals surface area contributed by atoms with E-state index in [1.54, 1.807) is 30.5 Å². The highest BCUT2D eigenvalue weighted by molar-refractivity contribution is 6.35. The largest absolute Gasteiger partial charge is 0.510 e. The summed E-state index contributed by atoms with van der Waals surface area (Å²) >= 11 is 12.5. The van der Waals surface area contributed by atoms with Gasteiger partial charge >= 0.3 is 5.97 Å². The topological polar surface area (TPSA) is 163 Å². The molecular formula is C32H34Cl2FN5O6. The monoisotopic (exact) mass is 673 g/mol. The van der Waals surface area contributed by atoms with Gasteiger partial charge < -0.3 is 30.1 Å². The summed E-state index contributed by atoms with van der Waals surface area (Å²) in [6, 6.07) is 9.40. The summed E-state index contributed by atoms with van der Waals surface area (Å²) in [7, 11) is 0.